The molecular formula is C19H15F5N4O2S. The number of anilines is 2. The van der Waals surface area contributed by atoms with Crippen molar-refractivity contribution in [2.45, 2.75) is 6.54 Å². The van der Waals surface area contributed by atoms with Crippen molar-refractivity contribution in [3.8, 4) is 11.5 Å². The molecule has 0 unspecified atom stereocenters. The minimum atomic E-state index is -2.22. The third-order valence-corrected chi connectivity index (χ3v) is 4.32. The maximum absolute atomic E-state index is 13.8. The highest BCUT2D eigenvalue weighted by atomic mass is 32.1. The predicted molar refractivity (Wildman–Crippen MR) is 107 cm³/mol. The van der Waals surface area contributed by atoms with Crippen LogP contribution in [0.25, 0.3) is 0 Å². The van der Waals surface area contributed by atoms with E-state index in [4.69, 9.17) is 21.7 Å². The molecule has 31 heavy (non-hydrogen) atoms. The van der Waals surface area contributed by atoms with E-state index in [-0.39, 0.29) is 10.9 Å². The van der Waals surface area contributed by atoms with E-state index in [2.05, 4.69) is 15.7 Å². The summed E-state index contributed by atoms with van der Waals surface area (Å²) in [7, 11) is 2.98. The number of halogens is 5. The lowest BCUT2D eigenvalue weighted by Gasteiger charge is -2.12. The third kappa shape index (κ3) is 4.85. The first-order valence-electron chi connectivity index (χ1n) is 8.58. The average Bonchev–Trinajstić information content (AvgIpc) is 3.20. The normalized spacial score (nSPS) is 10.7. The van der Waals surface area contributed by atoms with Gasteiger partial charge >= 0.3 is 0 Å². The van der Waals surface area contributed by atoms with Gasteiger partial charge in [-0.1, -0.05) is 0 Å². The summed E-state index contributed by atoms with van der Waals surface area (Å²) in [4.78, 5) is 0. The maximum atomic E-state index is 13.8. The van der Waals surface area contributed by atoms with Crippen LogP contribution in [-0.2, 0) is 6.54 Å². The Morgan fingerprint density at radius 2 is 1.45 bits per heavy atom. The zero-order valence-corrected chi connectivity index (χ0v) is 16.9. The van der Waals surface area contributed by atoms with Crippen LogP contribution in [-0.4, -0.2) is 29.1 Å². The molecule has 1 aromatic heterocycles. The number of methoxy groups -OCH3 is 2. The highest BCUT2D eigenvalue weighted by molar-refractivity contribution is 7.80. The largest absolute Gasteiger partial charge is 0.497 e. The van der Waals surface area contributed by atoms with Crippen LogP contribution in [0, 0.1) is 29.1 Å². The van der Waals surface area contributed by atoms with E-state index in [1.807, 2.05) is 0 Å². The van der Waals surface area contributed by atoms with Gasteiger partial charge in [-0.15, -0.1) is 0 Å². The fourth-order valence-electron chi connectivity index (χ4n) is 2.63. The number of hydrogen-bond donors (Lipinski definition) is 2. The lowest BCUT2D eigenvalue weighted by Crippen LogP contribution is -2.19. The highest BCUT2D eigenvalue weighted by Gasteiger charge is 2.25. The van der Waals surface area contributed by atoms with Crippen molar-refractivity contribution in [2.75, 3.05) is 24.9 Å². The van der Waals surface area contributed by atoms with E-state index < -0.39 is 41.2 Å². The van der Waals surface area contributed by atoms with E-state index >= 15 is 0 Å². The summed E-state index contributed by atoms with van der Waals surface area (Å²) in [6, 6.07) is 6.41. The van der Waals surface area contributed by atoms with Gasteiger partial charge in [0, 0.05) is 36.1 Å². The van der Waals surface area contributed by atoms with E-state index in [9.17, 15) is 22.0 Å². The summed E-state index contributed by atoms with van der Waals surface area (Å²) in [6.07, 6.45) is 1.29. The molecule has 3 rings (SSSR count). The fourth-order valence-corrected chi connectivity index (χ4v) is 2.85. The van der Waals surface area contributed by atoms with Crippen molar-refractivity contribution < 1.29 is 31.4 Å². The van der Waals surface area contributed by atoms with E-state index in [0.717, 1.165) is 4.68 Å². The van der Waals surface area contributed by atoms with Gasteiger partial charge in [-0.05, 0) is 12.2 Å². The number of thiocarbonyl (C=S) groups is 1. The fraction of sp³-hybridized carbons (Fsp3) is 0.158. The molecule has 0 aliphatic heterocycles. The van der Waals surface area contributed by atoms with Gasteiger partial charge in [0.05, 0.1) is 26.3 Å². The van der Waals surface area contributed by atoms with Crippen molar-refractivity contribution in [2.24, 2.45) is 0 Å². The second-order valence-corrected chi connectivity index (χ2v) is 6.54. The molecule has 2 N–H and O–H groups in total. The van der Waals surface area contributed by atoms with Crippen molar-refractivity contribution in [1.29, 1.82) is 0 Å². The van der Waals surface area contributed by atoms with Gasteiger partial charge in [-0.25, -0.2) is 22.0 Å². The zero-order chi connectivity index (χ0) is 22.7. The molecule has 0 saturated heterocycles. The van der Waals surface area contributed by atoms with Crippen LogP contribution in [0.1, 0.15) is 5.56 Å². The number of benzene rings is 2. The second kappa shape index (κ2) is 9.16. The number of nitrogens with zero attached hydrogens (tertiary/aromatic N) is 2. The summed E-state index contributed by atoms with van der Waals surface area (Å²) in [5, 5.41) is 9.73. The molecule has 0 radical (unpaired) electrons. The van der Waals surface area contributed by atoms with Crippen LogP contribution in [0.5, 0.6) is 11.5 Å². The van der Waals surface area contributed by atoms with Crippen molar-refractivity contribution in [1.82, 2.24) is 9.78 Å². The Morgan fingerprint density at radius 3 is 2.00 bits per heavy atom. The molecule has 3 aromatic rings. The van der Waals surface area contributed by atoms with E-state index in [1.54, 1.807) is 18.2 Å². The standard InChI is InChI=1S/C19H15F5N4O2S/c1-29-10-5-9(6-11(7-10)30-2)25-19(31)26-13-3-4-28(27-13)8-12-14(20)16(22)18(24)17(23)15(12)21/h3-7H,8H2,1-2H3,(H2,25,26,27,31). The topological polar surface area (TPSA) is 60.3 Å². The summed E-state index contributed by atoms with van der Waals surface area (Å²) >= 11 is 5.19. The van der Waals surface area contributed by atoms with Crippen LogP contribution < -0.4 is 20.1 Å². The number of rotatable bonds is 6. The molecular weight excluding hydrogens is 443 g/mol. The molecule has 12 heteroatoms. The van der Waals surface area contributed by atoms with Crippen LogP contribution in [0.4, 0.5) is 33.5 Å². The Kier molecular flexibility index (Phi) is 6.59. The SMILES string of the molecule is COc1cc(NC(=S)Nc2ccn(Cc3c(F)c(F)c(F)c(F)c3F)n2)cc(OC)c1. The summed E-state index contributed by atoms with van der Waals surface area (Å²) < 4.78 is 78.9. The number of ether oxygens (including phenoxy) is 2. The van der Waals surface area contributed by atoms with Gasteiger partial charge in [-0.2, -0.15) is 5.10 Å². The number of aromatic nitrogens is 2. The first-order valence-corrected chi connectivity index (χ1v) is 8.99. The first-order chi connectivity index (χ1) is 14.7. The summed E-state index contributed by atoms with van der Waals surface area (Å²) in [6.45, 7) is -0.680. The van der Waals surface area contributed by atoms with Crippen molar-refractivity contribution in [3.05, 3.63) is 65.1 Å². The first kappa shape index (κ1) is 22.3. The molecule has 0 bridgehead atoms. The van der Waals surface area contributed by atoms with E-state index in [0.29, 0.717) is 17.2 Å². The monoisotopic (exact) mass is 458 g/mol. The second-order valence-electron chi connectivity index (χ2n) is 6.13. The number of nitrogens with one attached hydrogen (secondary N) is 2. The molecule has 0 aliphatic carbocycles. The van der Waals surface area contributed by atoms with Gasteiger partial charge in [0.1, 0.15) is 11.5 Å². The quantitative estimate of drug-likeness (QED) is 0.246. The predicted octanol–water partition coefficient (Wildman–Crippen LogP) is 4.45. The van der Waals surface area contributed by atoms with Crippen molar-refractivity contribution in [3.63, 3.8) is 0 Å². The Morgan fingerprint density at radius 1 is 0.903 bits per heavy atom. The maximum Gasteiger partial charge on any atom is 0.200 e. The van der Waals surface area contributed by atoms with E-state index in [1.165, 1.54) is 26.5 Å². The third-order valence-electron chi connectivity index (χ3n) is 4.11. The molecule has 0 saturated carbocycles. The van der Waals surface area contributed by atoms with Gasteiger partial charge < -0.3 is 20.1 Å². The lowest BCUT2D eigenvalue weighted by atomic mass is 10.1. The minimum Gasteiger partial charge on any atom is -0.497 e. The molecule has 0 atom stereocenters. The Bertz CT molecular complexity index is 1090. The molecule has 6 nitrogen and oxygen atoms in total. The van der Waals surface area contributed by atoms with Gasteiger partial charge in [-0.3, -0.25) is 4.68 Å². The molecule has 1 heterocycles. The van der Waals surface area contributed by atoms with Gasteiger partial charge in [0.25, 0.3) is 0 Å². The number of hydrogen-bond acceptors (Lipinski definition) is 4. The van der Waals surface area contributed by atoms with Crippen molar-refractivity contribution >= 4 is 28.8 Å². The average molecular weight is 458 g/mol. The lowest BCUT2D eigenvalue weighted by molar-refractivity contribution is 0.367. The minimum absolute atomic E-state index is 0.122. The van der Waals surface area contributed by atoms with Crippen LogP contribution in [0.15, 0.2) is 30.5 Å². The molecule has 0 amide bonds. The Balaban J connectivity index is 1.72. The molecule has 0 aliphatic rings. The van der Waals surface area contributed by atoms with Crippen LogP contribution in [0.3, 0.4) is 0 Å². The zero-order valence-electron chi connectivity index (χ0n) is 16.1. The highest BCUT2D eigenvalue weighted by Crippen LogP contribution is 2.26. The summed E-state index contributed by atoms with van der Waals surface area (Å²) in [5.41, 5.74) is -0.454. The molecule has 164 valence electrons. The van der Waals surface area contributed by atoms with Gasteiger partial charge in [0.15, 0.2) is 34.2 Å². The van der Waals surface area contributed by atoms with Crippen LogP contribution in [0.2, 0.25) is 0 Å². The smallest absolute Gasteiger partial charge is 0.200 e. The molecule has 0 spiro atoms. The van der Waals surface area contributed by atoms with Gasteiger partial charge in [0.2, 0.25) is 5.82 Å². The Labute approximate surface area is 178 Å². The molecule has 0 fully saturated rings. The summed E-state index contributed by atoms with van der Waals surface area (Å²) in [5.74, 6) is -8.84. The van der Waals surface area contributed by atoms with Crippen LogP contribution >= 0.6 is 12.2 Å². The molecule has 2 aromatic carbocycles. The Hall–Kier alpha value is -3.41.